The molecule has 0 radical (unpaired) electrons. The first-order valence-corrected chi connectivity index (χ1v) is 7.85. The fourth-order valence-electron chi connectivity index (χ4n) is 2.43. The number of nitrogens with one attached hydrogen (secondary N) is 1. The Morgan fingerprint density at radius 2 is 1.90 bits per heavy atom. The summed E-state index contributed by atoms with van der Waals surface area (Å²) in [6.07, 6.45) is 6.71. The molecule has 2 heterocycles. The molecule has 2 rings (SSSR count). The van der Waals surface area contributed by atoms with Crippen molar-refractivity contribution < 1.29 is 14.1 Å². The van der Waals surface area contributed by atoms with E-state index in [1.807, 2.05) is 18.2 Å². The van der Waals surface area contributed by atoms with Gasteiger partial charge in [0.2, 0.25) is 5.91 Å². The number of unbranched alkanes of at least 4 members (excludes halogenated alkanes) is 1. The molecule has 1 aromatic rings. The van der Waals surface area contributed by atoms with Crippen LogP contribution in [0.3, 0.4) is 0 Å². The quantitative estimate of drug-likeness (QED) is 0.563. The summed E-state index contributed by atoms with van der Waals surface area (Å²) in [5.41, 5.74) is 0. The number of aryl methyl sites for hydroxylation is 1. The molecule has 1 N–H and O–H groups in total. The van der Waals surface area contributed by atoms with E-state index in [1.54, 1.807) is 0 Å². The van der Waals surface area contributed by atoms with Crippen LogP contribution in [-0.4, -0.2) is 50.2 Å². The number of carbonyl (C=O) groups is 1. The fraction of sp³-hybridized carbons (Fsp3) is 0.625. The average Bonchev–Trinajstić information content (AvgIpc) is 2.54. The predicted octanol–water partition coefficient (Wildman–Crippen LogP) is 0.593. The minimum absolute atomic E-state index is 0.168. The highest BCUT2D eigenvalue weighted by atomic mass is 16.5. The van der Waals surface area contributed by atoms with Crippen molar-refractivity contribution in [3.8, 4) is 0 Å². The molecule has 116 valence electrons. The second kappa shape index (κ2) is 9.47. The number of hydrogen-bond acceptors (Lipinski definition) is 3. The standard InChI is InChI=1S/C16H25N3O2/c20-16(17-7-11-19-12-14-21-15-13-19)6-2-5-10-18-8-3-1-4-9-18/h1,3-4,8-9H,2,5-7,10-15H2/p+1. The molecule has 1 aliphatic rings. The van der Waals surface area contributed by atoms with Crippen molar-refractivity contribution in [3.63, 3.8) is 0 Å². The third-order valence-electron chi connectivity index (χ3n) is 3.70. The van der Waals surface area contributed by atoms with Crippen molar-refractivity contribution in [1.82, 2.24) is 10.2 Å². The van der Waals surface area contributed by atoms with Crippen LogP contribution >= 0.6 is 0 Å². The van der Waals surface area contributed by atoms with Crippen LogP contribution in [0.15, 0.2) is 30.6 Å². The number of aromatic nitrogens is 1. The summed E-state index contributed by atoms with van der Waals surface area (Å²) in [5, 5.41) is 3.00. The van der Waals surface area contributed by atoms with Gasteiger partial charge in [-0.3, -0.25) is 9.69 Å². The van der Waals surface area contributed by atoms with E-state index in [4.69, 9.17) is 4.74 Å². The zero-order valence-corrected chi connectivity index (χ0v) is 12.7. The van der Waals surface area contributed by atoms with Gasteiger partial charge < -0.3 is 10.1 Å². The number of morpholine rings is 1. The SMILES string of the molecule is O=C(CCCC[n+]1ccccc1)NCCN1CCOCC1. The maximum absolute atomic E-state index is 11.7. The van der Waals surface area contributed by atoms with Crippen molar-refractivity contribution in [2.45, 2.75) is 25.8 Å². The lowest BCUT2D eigenvalue weighted by Gasteiger charge is -2.26. The smallest absolute Gasteiger partial charge is 0.220 e. The first-order valence-electron chi connectivity index (χ1n) is 7.85. The largest absolute Gasteiger partial charge is 0.379 e. The van der Waals surface area contributed by atoms with Crippen LogP contribution in [0.1, 0.15) is 19.3 Å². The summed E-state index contributed by atoms with van der Waals surface area (Å²) >= 11 is 0. The van der Waals surface area contributed by atoms with Gasteiger partial charge in [-0.25, -0.2) is 4.57 Å². The molecule has 1 amide bonds. The molecule has 5 nitrogen and oxygen atoms in total. The Bertz CT molecular complexity index is 405. The molecule has 0 spiro atoms. The van der Waals surface area contributed by atoms with Crippen LogP contribution in [0.25, 0.3) is 0 Å². The van der Waals surface area contributed by atoms with E-state index in [-0.39, 0.29) is 5.91 Å². The Labute approximate surface area is 126 Å². The second-order valence-corrected chi connectivity index (χ2v) is 5.37. The Hall–Kier alpha value is -1.46. The van der Waals surface area contributed by atoms with Gasteiger partial charge in [-0.1, -0.05) is 6.07 Å². The maximum atomic E-state index is 11.7. The average molecular weight is 292 g/mol. The van der Waals surface area contributed by atoms with Crippen LogP contribution in [0.5, 0.6) is 0 Å². The van der Waals surface area contributed by atoms with Crippen LogP contribution in [0.4, 0.5) is 0 Å². The Kier molecular flexibility index (Phi) is 7.18. The Morgan fingerprint density at radius 3 is 2.67 bits per heavy atom. The molecule has 0 unspecified atom stereocenters. The molecule has 0 saturated carbocycles. The van der Waals surface area contributed by atoms with Gasteiger partial charge in [0.1, 0.15) is 6.54 Å². The predicted molar refractivity (Wildman–Crippen MR) is 80.8 cm³/mol. The minimum atomic E-state index is 0.168. The van der Waals surface area contributed by atoms with Gasteiger partial charge in [-0.05, 0) is 6.42 Å². The summed E-state index contributed by atoms with van der Waals surface area (Å²) < 4.78 is 7.45. The molecule has 1 fully saturated rings. The zero-order chi connectivity index (χ0) is 14.8. The minimum Gasteiger partial charge on any atom is -0.379 e. The van der Waals surface area contributed by atoms with Crippen molar-refractivity contribution in [3.05, 3.63) is 30.6 Å². The van der Waals surface area contributed by atoms with Crippen molar-refractivity contribution in [2.24, 2.45) is 0 Å². The van der Waals surface area contributed by atoms with Crippen molar-refractivity contribution in [2.75, 3.05) is 39.4 Å². The van der Waals surface area contributed by atoms with E-state index in [1.165, 1.54) is 0 Å². The molecule has 0 aliphatic carbocycles. The maximum Gasteiger partial charge on any atom is 0.220 e. The fourth-order valence-corrected chi connectivity index (χ4v) is 2.43. The van der Waals surface area contributed by atoms with E-state index >= 15 is 0 Å². The summed E-state index contributed by atoms with van der Waals surface area (Å²) in [6, 6.07) is 6.06. The number of pyridine rings is 1. The van der Waals surface area contributed by atoms with E-state index < -0.39 is 0 Å². The Balaban J connectivity index is 1.47. The normalized spacial score (nSPS) is 15.8. The van der Waals surface area contributed by atoms with Crippen LogP contribution in [-0.2, 0) is 16.1 Å². The highest BCUT2D eigenvalue weighted by molar-refractivity contribution is 5.75. The first-order chi connectivity index (χ1) is 10.3. The highest BCUT2D eigenvalue weighted by Crippen LogP contribution is 1.97. The van der Waals surface area contributed by atoms with Crippen molar-refractivity contribution >= 4 is 5.91 Å². The molecule has 1 aliphatic heterocycles. The Morgan fingerprint density at radius 1 is 1.14 bits per heavy atom. The van der Waals surface area contributed by atoms with Crippen molar-refractivity contribution in [1.29, 1.82) is 0 Å². The molecule has 1 saturated heterocycles. The first kappa shape index (κ1) is 15.9. The highest BCUT2D eigenvalue weighted by Gasteiger charge is 2.10. The number of carbonyl (C=O) groups excluding carboxylic acids is 1. The van der Waals surface area contributed by atoms with Crippen LogP contribution in [0.2, 0.25) is 0 Å². The van der Waals surface area contributed by atoms with Gasteiger partial charge in [0.25, 0.3) is 0 Å². The summed E-state index contributed by atoms with van der Waals surface area (Å²) in [7, 11) is 0. The van der Waals surface area contributed by atoms with Crippen LogP contribution in [0, 0.1) is 0 Å². The molecule has 5 heteroatoms. The molecular formula is C16H26N3O2+. The molecule has 0 aromatic carbocycles. The zero-order valence-electron chi connectivity index (χ0n) is 12.7. The van der Waals surface area contributed by atoms with Crippen LogP contribution < -0.4 is 9.88 Å². The monoisotopic (exact) mass is 292 g/mol. The topological polar surface area (TPSA) is 45.5 Å². The summed E-state index contributed by atoms with van der Waals surface area (Å²) in [5.74, 6) is 0.168. The van der Waals surface area contributed by atoms with Gasteiger partial charge in [0, 0.05) is 51.2 Å². The number of nitrogens with zero attached hydrogens (tertiary/aromatic N) is 2. The third kappa shape index (κ3) is 6.69. The lowest BCUT2D eigenvalue weighted by molar-refractivity contribution is -0.697. The van der Waals surface area contributed by atoms with Gasteiger partial charge in [0.15, 0.2) is 12.4 Å². The van der Waals surface area contributed by atoms with Gasteiger partial charge in [0.05, 0.1) is 13.2 Å². The van der Waals surface area contributed by atoms with E-state index in [0.717, 1.165) is 58.8 Å². The third-order valence-corrected chi connectivity index (χ3v) is 3.70. The summed E-state index contributed by atoms with van der Waals surface area (Å²) in [6.45, 7) is 6.22. The lowest BCUT2D eigenvalue weighted by Crippen LogP contribution is -2.41. The lowest BCUT2D eigenvalue weighted by atomic mass is 10.2. The molecule has 0 atom stereocenters. The van der Waals surface area contributed by atoms with E-state index in [9.17, 15) is 4.79 Å². The van der Waals surface area contributed by atoms with E-state index in [0.29, 0.717) is 6.42 Å². The van der Waals surface area contributed by atoms with E-state index in [2.05, 4.69) is 27.2 Å². The van der Waals surface area contributed by atoms with Gasteiger partial charge in [-0.15, -0.1) is 0 Å². The number of hydrogen-bond donors (Lipinski definition) is 1. The summed E-state index contributed by atoms with van der Waals surface area (Å²) in [4.78, 5) is 14.1. The molecule has 1 aromatic heterocycles. The van der Waals surface area contributed by atoms with Gasteiger partial charge in [-0.2, -0.15) is 0 Å². The molecule has 0 bridgehead atoms. The number of ether oxygens (including phenoxy) is 1. The second-order valence-electron chi connectivity index (χ2n) is 5.37. The van der Waals surface area contributed by atoms with Gasteiger partial charge >= 0.3 is 0 Å². The molecular weight excluding hydrogens is 266 g/mol. The number of amides is 1. The number of rotatable bonds is 8. The molecule has 21 heavy (non-hydrogen) atoms.